The third-order valence-corrected chi connectivity index (χ3v) is 2.60. The second-order valence-corrected chi connectivity index (χ2v) is 3.99. The third kappa shape index (κ3) is 3.81. The Morgan fingerprint density at radius 1 is 1.15 bits per heavy atom. The van der Waals surface area contributed by atoms with Crippen LogP contribution in [0.15, 0.2) is 18.5 Å². The number of nitrogens with one attached hydrogen (secondary N) is 1. The molecule has 1 rings (SSSR count). The lowest BCUT2D eigenvalue weighted by atomic mass is 9.92. The second-order valence-electron chi connectivity index (χ2n) is 3.99. The number of hydrogen-bond donors (Lipinski definition) is 1. The average molecular weight is 304 g/mol. The minimum absolute atomic E-state index is 0.185. The smallest absolute Gasteiger partial charge is 0.309 e. The van der Waals surface area contributed by atoms with Gasteiger partial charge in [0.15, 0.2) is 5.92 Å². The fourth-order valence-corrected chi connectivity index (χ4v) is 1.83. The molecule has 1 aromatic heterocycles. The zero-order valence-electron chi connectivity index (χ0n) is 10.2. The lowest BCUT2D eigenvalue weighted by Gasteiger charge is -2.31. The summed E-state index contributed by atoms with van der Waals surface area (Å²) in [5, 5.41) is 2.05. The monoisotopic (exact) mass is 304 g/mol. The minimum atomic E-state index is -5.55. The first-order valence-corrected chi connectivity index (χ1v) is 5.55. The average Bonchev–Trinajstić information content (AvgIpc) is 2.25. The van der Waals surface area contributed by atoms with E-state index in [1.165, 1.54) is 6.92 Å². The molecule has 0 fully saturated rings. The van der Waals surface area contributed by atoms with Gasteiger partial charge in [0, 0.05) is 11.8 Å². The topological polar surface area (TPSA) is 24.9 Å². The molecule has 0 bridgehead atoms. The Kier molecular flexibility index (Phi) is 4.95. The molecule has 0 saturated carbocycles. The fourth-order valence-electron chi connectivity index (χ4n) is 1.83. The molecule has 0 amide bonds. The SMILES string of the molecule is CCNC(c1ccncc1F)C(C(F)(F)F)C(F)(F)F. The van der Waals surface area contributed by atoms with Gasteiger partial charge in [-0.2, -0.15) is 26.3 Å². The molecule has 9 heteroatoms. The largest absolute Gasteiger partial charge is 0.402 e. The number of aromatic nitrogens is 1. The van der Waals surface area contributed by atoms with Crippen molar-refractivity contribution in [1.82, 2.24) is 10.3 Å². The maximum Gasteiger partial charge on any atom is 0.402 e. The molecule has 1 N–H and O–H groups in total. The Morgan fingerprint density at radius 2 is 1.70 bits per heavy atom. The molecule has 0 saturated heterocycles. The van der Waals surface area contributed by atoms with E-state index in [0.29, 0.717) is 6.20 Å². The maximum absolute atomic E-state index is 13.5. The molecule has 0 spiro atoms. The van der Waals surface area contributed by atoms with Crippen LogP contribution in [-0.4, -0.2) is 23.9 Å². The van der Waals surface area contributed by atoms with Crippen LogP contribution < -0.4 is 5.32 Å². The van der Waals surface area contributed by atoms with Gasteiger partial charge >= 0.3 is 12.4 Å². The van der Waals surface area contributed by atoms with Crippen molar-refractivity contribution in [2.75, 3.05) is 6.54 Å². The van der Waals surface area contributed by atoms with Gasteiger partial charge in [0.25, 0.3) is 0 Å². The standard InChI is InChI=1S/C11H11F7N2/c1-2-20-8(6-3-4-19-5-7(6)12)9(10(13,14)15)11(16,17)18/h3-5,8-9,20H,2H2,1H3. The first-order chi connectivity index (χ1) is 9.09. The highest BCUT2D eigenvalue weighted by molar-refractivity contribution is 5.19. The summed E-state index contributed by atoms with van der Waals surface area (Å²) in [6, 6.07) is -1.46. The number of pyridine rings is 1. The van der Waals surface area contributed by atoms with Crippen LogP contribution in [0.4, 0.5) is 30.7 Å². The molecule has 2 nitrogen and oxygen atoms in total. The van der Waals surface area contributed by atoms with Crippen LogP contribution in [0.5, 0.6) is 0 Å². The van der Waals surface area contributed by atoms with Gasteiger partial charge < -0.3 is 5.32 Å². The first kappa shape index (κ1) is 16.7. The van der Waals surface area contributed by atoms with E-state index >= 15 is 0 Å². The van der Waals surface area contributed by atoms with Crippen molar-refractivity contribution in [2.24, 2.45) is 5.92 Å². The summed E-state index contributed by atoms with van der Waals surface area (Å²) in [5.41, 5.74) is -0.721. The van der Waals surface area contributed by atoms with Crippen LogP contribution in [0.1, 0.15) is 18.5 Å². The van der Waals surface area contributed by atoms with Crippen molar-refractivity contribution in [3.8, 4) is 0 Å². The van der Waals surface area contributed by atoms with Crippen molar-refractivity contribution in [2.45, 2.75) is 25.3 Å². The van der Waals surface area contributed by atoms with Crippen molar-refractivity contribution in [1.29, 1.82) is 0 Å². The quantitative estimate of drug-likeness (QED) is 0.860. The second kappa shape index (κ2) is 5.94. The van der Waals surface area contributed by atoms with Gasteiger partial charge in [-0.15, -0.1) is 0 Å². The molecule has 1 unspecified atom stereocenters. The molecule has 20 heavy (non-hydrogen) atoms. The Hall–Kier alpha value is -1.38. The van der Waals surface area contributed by atoms with E-state index in [0.717, 1.165) is 12.3 Å². The summed E-state index contributed by atoms with van der Waals surface area (Å²) >= 11 is 0. The van der Waals surface area contributed by atoms with Crippen molar-refractivity contribution < 1.29 is 30.7 Å². The summed E-state index contributed by atoms with van der Waals surface area (Å²) in [6.45, 7) is 1.14. The van der Waals surface area contributed by atoms with Crippen LogP contribution in [0.25, 0.3) is 0 Å². The zero-order chi connectivity index (χ0) is 15.6. The fraction of sp³-hybridized carbons (Fsp3) is 0.545. The minimum Gasteiger partial charge on any atom is -0.309 e. The Labute approximate surface area is 110 Å². The highest BCUT2D eigenvalue weighted by Gasteiger charge is 2.60. The number of hydrogen-bond acceptors (Lipinski definition) is 2. The van der Waals surface area contributed by atoms with Gasteiger partial charge in [0.1, 0.15) is 5.82 Å². The van der Waals surface area contributed by atoms with E-state index in [9.17, 15) is 30.7 Å². The Bertz CT molecular complexity index is 427. The summed E-state index contributed by atoms with van der Waals surface area (Å²) in [4.78, 5) is 3.31. The van der Waals surface area contributed by atoms with Gasteiger partial charge in [-0.3, -0.25) is 4.98 Å². The van der Waals surface area contributed by atoms with Crippen LogP contribution in [0, 0.1) is 11.7 Å². The Balaban J connectivity index is 3.33. The van der Waals surface area contributed by atoms with E-state index in [-0.39, 0.29) is 6.54 Å². The maximum atomic E-state index is 13.5. The molecule has 0 aromatic carbocycles. The van der Waals surface area contributed by atoms with Crippen molar-refractivity contribution in [3.63, 3.8) is 0 Å². The van der Waals surface area contributed by atoms with Crippen molar-refractivity contribution >= 4 is 0 Å². The zero-order valence-corrected chi connectivity index (χ0v) is 10.2. The van der Waals surface area contributed by atoms with Crippen LogP contribution in [0.2, 0.25) is 0 Å². The molecule has 1 aromatic rings. The molecule has 0 radical (unpaired) electrons. The van der Waals surface area contributed by atoms with Gasteiger partial charge in [0.05, 0.1) is 12.2 Å². The third-order valence-electron chi connectivity index (χ3n) is 2.60. The first-order valence-electron chi connectivity index (χ1n) is 5.55. The summed E-state index contributed by atoms with van der Waals surface area (Å²) in [6.07, 6.45) is -9.60. The lowest BCUT2D eigenvalue weighted by Crippen LogP contribution is -2.46. The van der Waals surface area contributed by atoms with E-state index < -0.39 is 35.7 Å². The van der Waals surface area contributed by atoms with Crippen molar-refractivity contribution in [3.05, 3.63) is 29.8 Å². The van der Waals surface area contributed by atoms with E-state index in [1.807, 2.05) is 5.32 Å². The highest BCUT2D eigenvalue weighted by atomic mass is 19.4. The number of rotatable bonds is 4. The molecule has 1 heterocycles. The number of nitrogens with zero attached hydrogens (tertiary/aromatic N) is 1. The van der Waals surface area contributed by atoms with Crippen LogP contribution >= 0.6 is 0 Å². The molecule has 0 aliphatic carbocycles. The Morgan fingerprint density at radius 3 is 2.10 bits per heavy atom. The molecule has 0 aliphatic rings. The molecule has 114 valence electrons. The van der Waals surface area contributed by atoms with E-state index in [1.54, 1.807) is 0 Å². The molecular formula is C11H11F7N2. The predicted molar refractivity (Wildman–Crippen MR) is 56.2 cm³/mol. The molecular weight excluding hydrogens is 293 g/mol. The summed E-state index contributed by atoms with van der Waals surface area (Å²) in [7, 11) is 0. The van der Waals surface area contributed by atoms with Gasteiger partial charge in [0.2, 0.25) is 0 Å². The van der Waals surface area contributed by atoms with Gasteiger partial charge in [-0.25, -0.2) is 4.39 Å². The van der Waals surface area contributed by atoms with Gasteiger partial charge in [-0.1, -0.05) is 6.92 Å². The predicted octanol–water partition coefficient (Wildman–Crippen LogP) is 3.61. The van der Waals surface area contributed by atoms with Crippen LogP contribution in [-0.2, 0) is 0 Å². The van der Waals surface area contributed by atoms with E-state index in [4.69, 9.17) is 0 Å². The van der Waals surface area contributed by atoms with Crippen LogP contribution in [0.3, 0.4) is 0 Å². The number of halogens is 7. The lowest BCUT2D eigenvalue weighted by molar-refractivity contribution is -0.292. The summed E-state index contributed by atoms with van der Waals surface area (Å²) < 4.78 is 89.7. The normalized spacial score (nSPS) is 14.7. The number of alkyl halides is 6. The summed E-state index contributed by atoms with van der Waals surface area (Å²) in [5.74, 6) is -4.93. The van der Waals surface area contributed by atoms with Gasteiger partial charge in [-0.05, 0) is 12.6 Å². The molecule has 1 atom stereocenters. The highest BCUT2D eigenvalue weighted by Crippen LogP contribution is 2.46. The van der Waals surface area contributed by atoms with E-state index in [2.05, 4.69) is 4.98 Å². The molecule has 0 aliphatic heterocycles.